The quantitative estimate of drug-likeness (QED) is 0.701. The van der Waals surface area contributed by atoms with Crippen LogP contribution in [0.15, 0.2) is 36.4 Å². The van der Waals surface area contributed by atoms with Crippen molar-refractivity contribution >= 4 is 17.7 Å². The van der Waals surface area contributed by atoms with E-state index in [-0.39, 0.29) is 13.2 Å². The number of aromatic nitrogens is 4. The van der Waals surface area contributed by atoms with Gasteiger partial charge in [-0.05, 0) is 46.2 Å². The molecular weight excluding hydrogens is 391 g/mol. The molecule has 2 aromatic carbocycles. The smallest absolute Gasteiger partial charge is 0.414 e. The maximum absolute atomic E-state index is 14.9. The van der Waals surface area contributed by atoms with Crippen LogP contribution < -0.4 is 9.80 Å². The number of hydrogen-bond donors (Lipinski definition) is 1. The highest BCUT2D eigenvalue weighted by atomic mass is 19.1. The first-order chi connectivity index (χ1) is 14.5. The standard InChI is InChI=1S/C20H19FN6O3/c1-25-23-19(22-24-25)26-8-13-3-2-12(6-14(13)9-26)17-5-4-15(7-18(17)21)27-10-16(11-28)30-20(27)29/h2-7,16,28H,8-11H2,1H3. The second-order valence-corrected chi connectivity index (χ2v) is 7.38. The van der Waals surface area contributed by atoms with Crippen molar-refractivity contribution in [2.45, 2.75) is 19.2 Å². The Bertz CT molecular complexity index is 1130. The third-order valence-electron chi connectivity index (χ3n) is 5.36. The molecule has 1 fully saturated rings. The molecule has 3 aromatic rings. The second kappa shape index (κ2) is 7.06. The topological polar surface area (TPSA) is 96.6 Å². The summed E-state index contributed by atoms with van der Waals surface area (Å²) in [5.74, 6) is 0.127. The zero-order valence-electron chi connectivity index (χ0n) is 16.2. The van der Waals surface area contributed by atoms with Gasteiger partial charge in [0.25, 0.3) is 5.95 Å². The predicted octanol–water partition coefficient (Wildman–Crippen LogP) is 1.85. The number of carbonyl (C=O) groups excluding carboxylic acids is 1. The summed E-state index contributed by atoms with van der Waals surface area (Å²) in [4.78, 5) is 16.7. The van der Waals surface area contributed by atoms with Crippen LogP contribution in [0.1, 0.15) is 11.1 Å². The third-order valence-corrected chi connectivity index (χ3v) is 5.36. The van der Waals surface area contributed by atoms with Crippen molar-refractivity contribution in [3.63, 3.8) is 0 Å². The summed E-state index contributed by atoms with van der Waals surface area (Å²) in [6.45, 7) is 1.22. The molecule has 0 spiro atoms. The highest BCUT2D eigenvalue weighted by Gasteiger charge is 2.32. The van der Waals surface area contributed by atoms with Gasteiger partial charge in [-0.15, -0.1) is 5.10 Å². The zero-order chi connectivity index (χ0) is 20.8. The molecule has 2 aliphatic heterocycles. The predicted molar refractivity (Wildman–Crippen MR) is 105 cm³/mol. The van der Waals surface area contributed by atoms with Crippen LogP contribution in [0.3, 0.4) is 0 Å². The molecular formula is C20H19FN6O3. The van der Waals surface area contributed by atoms with Crippen LogP contribution in [0, 0.1) is 5.82 Å². The molecule has 9 nitrogen and oxygen atoms in total. The number of anilines is 2. The Balaban J connectivity index is 1.39. The maximum atomic E-state index is 14.9. The number of nitrogens with zero attached hydrogens (tertiary/aromatic N) is 6. The molecule has 10 heteroatoms. The number of hydrogen-bond acceptors (Lipinski definition) is 7. The number of cyclic esters (lactones) is 1. The summed E-state index contributed by atoms with van der Waals surface area (Å²) in [6, 6.07) is 10.5. The van der Waals surface area contributed by atoms with Crippen molar-refractivity contribution in [3.05, 3.63) is 53.3 Å². The maximum Gasteiger partial charge on any atom is 0.414 e. The first-order valence-electron chi connectivity index (χ1n) is 9.51. The molecule has 1 saturated heterocycles. The van der Waals surface area contributed by atoms with E-state index in [1.54, 1.807) is 19.2 Å². The molecule has 154 valence electrons. The molecule has 1 unspecified atom stereocenters. The minimum absolute atomic E-state index is 0.194. The van der Waals surface area contributed by atoms with E-state index >= 15 is 0 Å². The summed E-state index contributed by atoms with van der Waals surface area (Å²) in [5.41, 5.74) is 3.82. The fraction of sp³-hybridized carbons (Fsp3) is 0.300. The first-order valence-corrected chi connectivity index (χ1v) is 9.51. The van der Waals surface area contributed by atoms with Gasteiger partial charge in [-0.3, -0.25) is 4.90 Å². The lowest BCUT2D eigenvalue weighted by Crippen LogP contribution is -2.25. The Labute approximate surface area is 171 Å². The van der Waals surface area contributed by atoms with E-state index in [0.29, 0.717) is 30.3 Å². The fourth-order valence-corrected chi connectivity index (χ4v) is 3.84. The monoisotopic (exact) mass is 410 g/mol. The number of halogens is 1. The van der Waals surface area contributed by atoms with Crippen LogP contribution in [-0.4, -0.2) is 50.7 Å². The summed E-state index contributed by atoms with van der Waals surface area (Å²) in [7, 11) is 1.72. The van der Waals surface area contributed by atoms with E-state index in [1.165, 1.54) is 15.8 Å². The molecule has 0 aliphatic carbocycles. The van der Waals surface area contributed by atoms with E-state index < -0.39 is 18.0 Å². The molecule has 2 aliphatic rings. The number of tetrazole rings is 1. The Kier molecular flexibility index (Phi) is 4.35. The van der Waals surface area contributed by atoms with E-state index in [2.05, 4.69) is 15.4 Å². The normalized spacial score (nSPS) is 18.1. The van der Waals surface area contributed by atoms with Gasteiger partial charge in [0.2, 0.25) is 0 Å². The van der Waals surface area contributed by atoms with Gasteiger partial charge in [-0.2, -0.15) is 4.80 Å². The molecule has 30 heavy (non-hydrogen) atoms. The zero-order valence-corrected chi connectivity index (χ0v) is 16.2. The van der Waals surface area contributed by atoms with E-state index in [0.717, 1.165) is 16.7 Å². The van der Waals surface area contributed by atoms with Crippen LogP contribution >= 0.6 is 0 Å². The molecule has 3 heterocycles. The average molecular weight is 410 g/mol. The minimum Gasteiger partial charge on any atom is -0.441 e. The molecule has 0 bridgehead atoms. The minimum atomic E-state index is -0.594. The van der Waals surface area contributed by atoms with Crippen molar-refractivity contribution in [1.82, 2.24) is 20.2 Å². The Hall–Kier alpha value is -3.53. The largest absolute Gasteiger partial charge is 0.441 e. The lowest BCUT2D eigenvalue weighted by molar-refractivity contribution is 0.0963. The van der Waals surface area contributed by atoms with Crippen LogP contribution in [0.4, 0.5) is 20.8 Å². The molecule has 0 saturated carbocycles. The van der Waals surface area contributed by atoms with Crippen molar-refractivity contribution in [1.29, 1.82) is 0 Å². The number of amides is 1. The van der Waals surface area contributed by atoms with Crippen LogP contribution in [0.5, 0.6) is 0 Å². The van der Waals surface area contributed by atoms with Gasteiger partial charge < -0.3 is 14.7 Å². The summed E-state index contributed by atoms with van der Waals surface area (Å²) in [6.07, 6.45) is -1.18. The average Bonchev–Trinajstić information content (AvgIpc) is 3.44. The number of fused-ring (bicyclic) bond motifs is 1. The Morgan fingerprint density at radius 2 is 2.03 bits per heavy atom. The fourth-order valence-electron chi connectivity index (χ4n) is 3.84. The number of aryl methyl sites for hydroxylation is 1. The van der Waals surface area contributed by atoms with Gasteiger partial charge in [-0.25, -0.2) is 9.18 Å². The Morgan fingerprint density at radius 1 is 1.20 bits per heavy atom. The van der Waals surface area contributed by atoms with E-state index in [4.69, 9.17) is 4.74 Å². The Morgan fingerprint density at radius 3 is 2.73 bits per heavy atom. The molecule has 1 atom stereocenters. The van der Waals surface area contributed by atoms with Crippen LogP contribution in [-0.2, 0) is 24.9 Å². The number of ether oxygens (including phenoxy) is 1. The molecule has 0 radical (unpaired) electrons. The number of carbonyl (C=O) groups is 1. The van der Waals surface area contributed by atoms with Crippen molar-refractivity contribution in [2.24, 2.45) is 7.05 Å². The molecule has 1 aromatic heterocycles. The van der Waals surface area contributed by atoms with Crippen LogP contribution in [0.25, 0.3) is 11.1 Å². The van der Waals surface area contributed by atoms with Gasteiger partial charge in [0.05, 0.1) is 25.9 Å². The SMILES string of the molecule is Cn1nnc(N2Cc3ccc(-c4ccc(N5CC(CO)OC5=O)cc4F)cc3C2)n1. The van der Waals surface area contributed by atoms with Crippen LogP contribution in [0.2, 0.25) is 0 Å². The molecule has 1 amide bonds. The van der Waals surface area contributed by atoms with Gasteiger partial charge in [-0.1, -0.05) is 17.2 Å². The molecule has 5 rings (SSSR count). The van der Waals surface area contributed by atoms with Gasteiger partial charge in [0.15, 0.2) is 0 Å². The first kappa shape index (κ1) is 18.5. The highest BCUT2D eigenvalue weighted by molar-refractivity contribution is 5.90. The highest BCUT2D eigenvalue weighted by Crippen LogP contribution is 2.33. The number of rotatable bonds is 4. The van der Waals surface area contributed by atoms with E-state index in [9.17, 15) is 14.3 Å². The van der Waals surface area contributed by atoms with Crippen molar-refractivity contribution in [2.75, 3.05) is 23.0 Å². The van der Waals surface area contributed by atoms with Crippen molar-refractivity contribution < 1.29 is 19.0 Å². The van der Waals surface area contributed by atoms with Gasteiger partial charge in [0, 0.05) is 18.7 Å². The second-order valence-electron chi connectivity index (χ2n) is 7.38. The van der Waals surface area contributed by atoms with Crippen molar-refractivity contribution in [3.8, 4) is 11.1 Å². The summed E-state index contributed by atoms with van der Waals surface area (Å²) >= 11 is 0. The number of benzene rings is 2. The number of aliphatic hydroxyl groups is 1. The third kappa shape index (κ3) is 3.14. The van der Waals surface area contributed by atoms with Gasteiger partial charge in [0.1, 0.15) is 11.9 Å². The lowest BCUT2D eigenvalue weighted by atomic mass is 10.00. The number of aliphatic hydroxyl groups excluding tert-OH is 1. The lowest BCUT2D eigenvalue weighted by Gasteiger charge is -2.14. The van der Waals surface area contributed by atoms with Gasteiger partial charge >= 0.3 is 6.09 Å². The molecule has 1 N–H and O–H groups in total. The summed E-state index contributed by atoms with van der Waals surface area (Å²) < 4.78 is 19.9. The summed E-state index contributed by atoms with van der Waals surface area (Å²) in [5, 5.41) is 21.3. The van der Waals surface area contributed by atoms with E-state index in [1.807, 2.05) is 23.1 Å².